The maximum atomic E-state index is 11.2. The minimum atomic E-state index is -0.0929. The van der Waals surface area contributed by atoms with Gasteiger partial charge in [-0.2, -0.15) is 4.79 Å². The molecular formula is C8H16NO2+. The molecule has 0 aromatic heterocycles. The molecule has 1 aliphatic heterocycles. The van der Waals surface area contributed by atoms with Crippen molar-refractivity contribution in [3.8, 4) is 0 Å². The van der Waals surface area contributed by atoms with Crippen LogP contribution in [0.5, 0.6) is 0 Å². The molecule has 1 saturated heterocycles. The summed E-state index contributed by atoms with van der Waals surface area (Å²) in [7, 11) is 3.41. The Hall–Kier alpha value is -0.570. The van der Waals surface area contributed by atoms with E-state index in [9.17, 15) is 4.79 Å². The fourth-order valence-corrected chi connectivity index (χ4v) is 1.61. The lowest BCUT2D eigenvalue weighted by Crippen LogP contribution is -2.52. The zero-order valence-corrected chi connectivity index (χ0v) is 7.30. The van der Waals surface area contributed by atoms with Crippen LogP contribution < -0.4 is 0 Å². The van der Waals surface area contributed by atoms with Crippen molar-refractivity contribution in [1.29, 1.82) is 0 Å². The van der Waals surface area contributed by atoms with Crippen molar-refractivity contribution in [2.24, 2.45) is 0 Å². The second-order valence-electron chi connectivity index (χ2n) is 3.37. The van der Waals surface area contributed by atoms with Crippen LogP contribution in [0.25, 0.3) is 0 Å². The number of ether oxygens (including phenoxy) is 1. The highest BCUT2D eigenvalue weighted by Gasteiger charge is 2.34. The number of likely N-dealkylation sites (tertiary alicyclic amines) is 1. The van der Waals surface area contributed by atoms with Crippen molar-refractivity contribution < 1.29 is 14.0 Å². The molecule has 3 heteroatoms. The molecule has 1 heterocycles. The third-order valence-corrected chi connectivity index (χ3v) is 2.42. The van der Waals surface area contributed by atoms with Crippen molar-refractivity contribution in [2.45, 2.75) is 19.3 Å². The van der Waals surface area contributed by atoms with Gasteiger partial charge in [0.1, 0.15) is 0 Å². The minimum absolute atomic E-state index is 0.0929. The Bertz CT molecular complexity index is 150. The van der Waals surface area contributed by atoms with E-state index >= 15 is 0 Å². The maximum absolute atomic E-state index is 11.2. The summed E-state index contributed by atoms with van der Waals surface area (Å²) in [5.74, 6) is 0. The molecule has 11 heavy (non-hydrogen) atoms. The van der Waals surface area contributed by atoms with Gasteiger partial charge in [0.25, 0.3) is 0 Å². The molecule has 1 fully saturated rings. The van der Waals surface area contributed by atoms with Crippen molar-refractivity contribution in [3.63, 3.8) is 0 Å². The highest BCUT2D eigenvalue weighted by Crippen LogP contribution is 2.17. The highest BCUT2D eigenvalue weighted by molar-refractivity contribution is 5.59. The predicted molar refractivity (Wildman–Crippen MR) is 42.2 cm³/mol. The van der Waals surface area contributed by atoms with Gasteiger partial charge in [-0.3, -0.25) is 0 Å². The Labute approximate surface area is 67.5 Å². The van der Waals surface area contributed by atoms with Crippen LogP contribution >= 0.6 is 0 Å². The smallest absolute Gasteiger partial charge is 0.423 e. The topological polar surface area (TPSA) is 26.3 Å². The van der Waals surface area contributed by atoms with Crippen LogP contribution in [0, 0.1) is 0 Å². The molecule has 1 rings (SSSR count). The summed E-state index contributed by atoms with van der Waals surface area (Å²) in [5.41, 5.74) is 0. The summed E-state index contributed by atoms with van der Waals surface area (Å²) >= 11 is 0. The van der Waals surface area contributed by atoms with E-state index in [1.807, 2.05) is 7.05 Å². The van der Waals surface area contributed by atoms with Gasteiger partial charge in [0.15, 0.2) is 0 Å². The largest absolute Gasteiger partial charge is 0.515 e. The van der Waals surface area contributed by atoms with Gasteiger partial charge in [0, 0.05) is 0 Å². The van der Waals surface area contributed by atoms with E-state index in [0.29, 0.717) is 4.48 Å². The zero-order valence-electron chi connectivity index (χ0n) is 7.30. The molecule has 1 aliphatic rings. The van der Waals surface area contributed by atoms with Crippen LogP contribution in [0.1, 0.15) is 19.3 Å². The average Bonchev–Trinajstić information content (AvgIpc) is 2.04. The number of methoxy groups -OCH3 is 1. The van der Waals surface area contributed by atoms with Gasteiger partial charge in [-0.1, -0.05) is 0 Å². The molecule has 0 atom stereocenters. The minimum Gasteiger partial charge on any atom is -0.423 e. The van der Waals surface area contributed by atoms with E-state index in [2.05, 4.69) is 0 Å². The quantitative estimate of drug-likeness (QED) is 0.498. The molecule has 0 bridgehead atoms. The van der Waals surface area contributed by atoms with Gasteiger partial charge in [-0.15, -0.1) is 0 Å². The Morgan fingerprint density at radius 2 is 1.82 bits per heavy atom. The number of carbonyl (C=O) groups is 1. The number of nitrogens with zero attached hydrogens (tertiary/aromatic N) is 1. The maximum Gasteiger partial charge on any atom is 0.515 e. The van der Waals surface area contributed by atoms with E-state index in [0.717, 1.165) is 25.9 Å². The third-order valence-electron chi connectivity index (χ3n) is 2.42. The molecule has 0 radical (unpaired) electrons. The average molecular weight is 158 g/mol. The Morgan fingerprint density at radius 1 is 1.27 bits per heavy atom. The number of quaternary nitrogens is 1. The molecule has 64 valence electrons. The number of hydrogen-bond donors (Lipinski definition) is 0. The fourth-order valence-electron chi connectivity index (χ4n) is 1.61. The Balaban J connectivity index is 2.56. The first-order chi connectivity index (χ1) is 5.19. The molecule has 0 aromatic carbocycles. The number of hydrogen-bond acceptors (Lipinski definition) is 2. The van der Waals surface area contributed by atoms with Gasteiger partial charge in [0.2, 0.25) is 0 Å². The summed E-state index contributed by atoms with van der Waals surface area (Å²) in [6, 6.07) is 0. The van der Waals surface area contributed by atoms with E-state index in [1.165, 1.54) is 13.5 Å². The standard InChI is InChI=1S/C8H16NO2/c1-9(8(10)11-2)6-4-3-5-7-9/h3-7H2,1-2H3/q+1. The second kappa shape index (κ2) is 3.22. The third kappa shape index (κ3) is 1.71. The number of rotatable bonds is 0. The van der Waals surface area contributed by atoms with E-state index in [1.54, 1.807) is 0 Å². The first kappa shape index (κ1) is 8.53. The fraction of sp³-hybridized carbons (Fsp3) is 0.875. The summed E-state index contributed by atoms with van der Waals surface area (Å²) < 4.78 is 5.19. The molecule has 0 unspecified atom stereocenters. The van der Waals surface area contributed by atoms with Crippen LogP contribution in [-0.4, -0.2) is 37.8 Å². The summed E-state index contributed by atoms with van der Waals surface area (Å²) in [6.07, 6.45) is 3.45. The number of piperidine rings is 1. The van der Waals surface area contributed by atoms with Crippen molar-refractivity contribution in [1.82, 2.24) is 0 Å². The van der Waals surface area contributed by atoms with E-state index in [4.69, 9.17) is 4.74 Å². The van der Waals surface area contributed by atoms with Crippen molar-refractivity contribution in [3.05, 3.63) is 0 Å². The highest BCUT2D eigenvalue weighted by atomic mass is 16.5. The molecule has 0 aliphatic carbocycles. The Morgan fingerprint density at radius 3 is 2.27 bits per heavy atom. The van der Waals surface area contributed by atoms with Crippen LogP contribution in [0.15, 0.2) is 0 Å². The number of carbonyl (C=O) groups excluding carboxylic acids is 1. The first-order valence-corrected chi connectivity index (χ1v) is 4.12. The normalized spacial score (nSPS) is 22.7. The molecule has 0 N–H and O–H groups in total. The zero-order chi connectivity index (χ0) is 8.32. The number of amides is 1. The van der Waals surface area contributed by atoms with Gasteiger partial charge in [0.05, 0.1) is 27.2 Å². The van der Waals surface area contributed by atoms with E-state index < -0.39 is 0 Å². The molecule has 3 nitrogen and oxygen atoms in total. The van der Waals surface area contributed by atoms with Gasteiger partial charge in [-0.05, 0) is 19.3 Å². The van der Waals surface area contributed by atoms with Crippen LogP contribution in [0.3, 0.4) is 0 Å². The molecule has 0 spiro atoms. The lowest BCUT2D eigenvalue weighted by Gasteiger charge is -2.32. The van der Waals surface area contributed by atoms with Crippen LogP contribution in [0.2, 0.25) is 0 Å². The lowest BCUT2D eigenvalue weighted by molar-refractivity contribution is -0.842. The van der Waals surface area contributed by atoms with E-state index in [-0.39, 0.29) is 6.09 Å². The van der Waals surface area contributed by atoms with Crippen LogP contribution in [0.4, 0.5) is 4.79 Å². The van der Waals surface area contributed by atoms with Gasteiger partial charge >= 0.3 is 6.09 Å². The Kier molecular flexibility index (Phi) is 2.49. The molecule has 0 aromatic rings. The summed E-state index contributed by atoms with van der Waals surface area (Å²) in [6.45, 7) is 1.87. The first-order valence-electron chi connectivity index (χ1n) is 4.12. The SMILES string of the molecule is COC(=O)[N+]1(C)CCCCC1. The summed E-state index contributed by atoms with van der Waals surface area (Å²) in [4.78, 5) is 11.2. The second-order valence-corrected chi connectivity index (χ2v) is 3.37. The lowest BCUT2D eigenvalue weighted by atomic mass is 10.1. The van der Waals surface area contributed by atoms with Crippen LogP contribution in [-0.2, 0) is 4.74 Å². The summed E-state index contributed by atoms with van der Waals surface area (Å²) in [5, 5.41) is 0. The molecule has 0 saturated carbocycles. The van der Waals surface area contributed by atoms with Crippen molar-refractivity contribution >= 4 is 6.09 Å². The van der Waals surface area contributed by atoms with Crippen molar-refractivity contribution in [2.75, 3.05) is 27.2 Å². The van der Waals surface area contributed by atoms with Gasteiger partial charge in [-0.25, -0.2) is 4.48 Å². The molecular weight excluding hydrogens is 142 g/mol. The monoisotopic (exact) mass is 158 g/mol. The molecule has 1 amide bonds. The predicted octanol–water partition coefficient (Wildman–Crippen LogP) is 1.38. The van der Waals surface area contributed by atoms with Gasteiger partial charge < -0.3 is 4.74 Å².